The van der Waals surface area contributed by atoms with Crippen molar-refractivity contribution in [2.45, 2.75) is 72.7 Å². The molecular formula is C14H30O2. The second kappa shape index (κ2) is 9.00. The van der Waals surface area contributed by atoms with Crippen LogP contribution in [-0.4, -0.2) is 19.5 Å². The van der Waals surface area contributed by atoms with Gasteiger partial charge in [-0.05, 0) is 24.7 Å². The van der Waals surface area contributed by atoms with E-state index in [0.29, 0.717) is 6.10 Å². The Labute approximate surface area is 102 Å². The van der Waals surface area contributed by atoms with Crippen LogP contribution in [0.4, 0.5) is 0 Å². The van der Waals surface area contributed by atoms with Crippen LogP contribution in [0.2, 0.25) is 0 Å². The van der Waals surface area contributed by atoms with Crippen molar-refractivity contribution in [2.24, 2.45) is 11.8 Å². The molecule has 0 aromatic rings. The first-order valence-electron chi connectivity index (χ1n) is 6.85. The van der Waals surface area contributed by atoms with Gasteiger partial charge < -0.3 is 9.47 Å². The van der Waals surface area contributed by atoms with Crippen LogP contribution in [0.3, 0.4) is 0 Å². The van der Waals surface area contributed by atoms with Crippen molar-refractivity contribution in [3.8, 4) is 0 Å². The molecule has 0 N–H and O–H groups in total. The third kappa shape index (κ3) is 5.31. The van der Waals surface area contributed by atoms with Crippen molar-refractivity contribution >= 4 is 0 Å². The fourth-order valence-electron chi connectivity index (χ4n) is 2.21. The van der Waals surface area contributed by atoms with Gasteiger partial charge in [0.1, 0.15) is 0 Å². The normalized spacial score (nSPS) is 29.8. The van der Waals surface area contributed by atoms with Crippen LogP contribution in [0.15, 0.2) is 0 Å². The van der Waals surface area contributed by atoms with E-state index < -0.39 is 0 Å². The van der Waals surface area contributed by atoms with E-state index in [9.17, 15) is 0 Å². The minimum atomic E-state index is 0.0349. The van der Waals surface area contributed by atoms with Gasteiger partial charge >= 0.3 is 0 Å². The highest BCUT2D eigenvalue weighted by atomic mass is 16.7. The lowest BCUT2D eigenvalue weighted by atomic mass is 9.84. The van der Waals surface area contributed by atoms with E-state index in [1.807, 2.05) is 13.8 Å². The highest BCUT2D eigenvalue weighted by Crippen LogP contribution is 2.32. The average molecular weight is 230 g/mol. The summed E-state index contributed by atoms with van der Waals surface area (Å²) in [5.74, 6) is 1.51. The Morgan fingerprint density at radius 3 is 2.31 bits per heavy atom. The summed E-state index contributed by atoms with van der Waals surface area (Å²) in [6.07, 6.45) is 5.10. The van der Waals surface area contributed by atoms with Gasteiger partial charge in [0.05, 0.1) is 6.10 Å². The van der Waals surface area contributed by atoms with E-state index in [1.54, 1.807) is 7.11 Å². The molecule has 0 aromatic heterocycles. The van der Waals surface area contributed by atoms with Crippen molar-refractivity contribution in [3.63, 3.8) is 0 Å². The van der Waals surface area contributed by atoms with E-state index in [-0.39, 0.29) is 6.29 Å². The second-order valence-electron chi connectivity index (χ2n) is 4.69. The zero-order valence-corrected chi connectivity index (χ0v) is 12.0. The Kier molecular flexibility index (Phi) is 8.96. The van der Waals surface area contributed by atoms with E-state index >= 15 is 0 Å². The molecule has 0 saturated carbocycles. The van der Waals surface area contributed by atoms with Crippen molar-refractivity contribution < 1.29 is 9.47 Å². The summed E-state index contributed by atoms with van der Waals surface area (Å²) in [6.45, 7) is 10.8. The minimum absolute atomic E-state index is 0.0349. The van der Waals surface area contributed by atoms with Gasteiger partial charge in [-0.2, -0.15) is 0 Å². The van der Waals surface area contributed by atoms with Crippen LogP contribution in [0.5, 0.6) is 0 Å². The first kappa shape index (κ1) is 15.9. The van der Waals surface area contributed by atoms with Gasteiger partial charge in [0.25, 0.3) is 0 Å². The molecule has 98 valence electrons. The second-order valence-corrected chi connectivity index (χ2v) is 4.69. The maximum absolute atomic E-state index is 5.83. The molecule has 2 heteroatoms. The summed E-state index contributed by atoms with van der Waals surface area (Å²) >= 11 is 0. The molecule has 1 saturated heterocycles. The van der Waals surface area contributed by atoms with E-state index in [0.717, 1.165) is 18.3 Å². The van der Waals surface area contributed by atoms with Gasteiger partial charge in [0, 0.05) is 13.5 Å². The molecule has 1 heterocycles. The average Bonchev–Trinajstić information content (AvgIpc) is 2.31. The Bertz CT molecular complexity index is 157. The van der Waals surface area contributed by atoms with Crippen LogP contribution in [0.1, 0.15) is 60.3 Å². The maximum atomic E-state index is 5.83. The number of hydrogen-bond acceptors (Lipinski definition) is 2. The lowest BCUT2D eigenvalue weighted by Crippen LogP contribution is -2.35. The lowest BCUT2D eigenvalue weighted by molar-refractivity contribution is -0.198. The molecule has 3 unspecified atom stereocenters. The fraction of sp³-hybridized carbons (Fsp3) is 1.00. The molecule has 0 bridgehead atoms. The molecule has 1 aliphatic heterocycles. The Morgan fingerprint density at radius 1 is 1.25 bits per heavy atom. The predicted molar refractivity (Wildman–Crippen MR) is 69.5 cm³/mol. The Balaban J connectivity index is 0.00000106. The molecule has 3 atom stereocenters. The summed E-state index contributed by atoms with van der Waals surface area (Å²) in [5.41, 5.74) is 0. The molecule has 1 rings (SSSR count). The van der Waals surface area contributed by atoms with Crippen molar-refractivity contribution in [2.75, 3.05) is 7.11 Å². The Morgan fingerprint density at radius 2 is 1.88 bits per heavy atom. The molecule has 1 fully saturated rings. The monoisotopic (exact) mass is 230 g/mol. The van der Waals surface area contributed by atoms with Gasteiger partial charge in [0.2, 0.25) is 0 Å². The van der Waals surface area contributed by atoms with Gasteiger partial charge in [-0.25, -0.2) is 0 Å². The molecule has 2 nitrogen and oxygen atoms in total. The summed E-state index contributed by atoms with van der Waals surface area (Å²) in [4.78, 5) is 0. The zero-order valence-electron chi connectivity index (χ0n) is 12.0. The van der Waals surface area contributed by atoms with Crippen LogP contribution in [0.25, 0.3) is 0 Å². The molecule has 1 aliphatic rings. The van der Waals surface area contributed by atoms with Crippen molar-refractivity contribution in [1.29, 1.82) is 0 Å². The summed E-state index contributed by atoms with van der Waals surface area (Å²) in [5, 5.41) is 0. The molecular weight excluding hydrogens is 200 g/mol. The molecule has 0 aliphatic carbocycles. The first-order valence-corrected chi connectivity index (χ1v) is 6.85. The highest BCUT2D eigenvalue weighted by Gasteiger charge is 2.30. The van der Waals surface area contributed by atoms with E-state index in [1.165, 1.54) is 19.3 Å². The van der Waals surface area contributed by atoms with Gasteiger partial charge in [0.15, 0.2) is 6.29 Å². The van der Waals surface area contributed by atoms with Crippen LogP contribution in [-0.2, 0) is 9.47 Å². The van der Waals surface area contributed by atoms with Gasteiger partial charge in [-0.15, -0.1) is 0 Å². The molecule has 0 spiro atoms. The minimum Gasteiger partial charge on any atom is -0.356 e. The third-order valence-corrected chi connectivity index (χ3v) is 3.22. The predicted octanol–water partition coefficient (Wildman–Crippen LogP) is 4.24. The Hall–Kier alpha value is -0.0800. The van der Waals surface area contributed by atoms with Gasteiger partial charge in [-0.3, -0.25) is 0 Å². The molecule has 0 radical (unpaired) electrons. The maximum Gasteiger partial charge on any atom is 0.157 e. The zero-order chi connectivity index (χ0) is 12.6. The van der Waals surface area contributed by atoms with Crippen LogP contribution >= 0.6 is 0 Å². The van der Waals surface area contributed by atoms with E-state index in [2.05, 4.69) is 20.8 Å². The van der Waals surface area contributed by atoms with Crippen LogP contribution in [0, 0.1) is 11.8 Å². The van der Waals surface area contributed by atoms with Crippen LogP contribution < -0.4 is 0 Å². The van der Waals surface area contributed by atoms with Gasteiger partial charge in [-0.1, -0.05) is 41.0 Å². The summed E-state index contributed by atoms with van der Waals surface area (Å²) in [6, 6.07) is 0. The standard InChI is InChI=1S/C12H24O2.C2H6/c1-5-6-11-7-10(9(2)3)8-12(13-4)14-11;1-2/h9-12H,5-8H2,1-4H3;1-2H3. The molecule has 16 heavy (non-hydrogen) atoms. The summed E-state index contributed by atoms with van der Waals surface area (Å²) in [7, 11) is 1.75. The van der Waals surface area contributed by atoms with Crippen molar-refractivity contribution in [3.05, 3.63) is 0 Å². The summed E-state index contributed by atoms with van der Waals surface area (Å²) < 4.78 is 11.2. The van der Waals surface area contributed by atoms with E-state index in [4.69, 9.17) is 9.47 Å². The first-order chi connectivity index (χ1) is 7.67. The quantitative estimate of drug-likeness (QED) is 0.719. The highest BCUT2D eigenvalue weighted by molar-refractivity contribution is 4.75. The third-order valence-electron chi connectivity index (χ3n) is 3.22. The largest absolute Gasteiger partial charge is 0.356 e. The lowest BCUT2D eigenvalue weighted by Gasteiger charge is -2.36. The van der Waals surface area contributed by atoms with Crippen molar-refractivity contribution in [1.82, 2.24) is 0 Å². The molecule has 0 amide bonds. The number of hydrogen-bond donors (Lipinski definition) is 0. The fourth-order valence-corrected chi connectivity index (χ4v) is 2.21. The smallest absolute Gasteiger partial charge is 0.157 e. The SMILES string of the molecule is CC.CCCC1CC(C(C)C)CC(OC)O1. The number of methoxy groups -OCH3 is 1. The topological polar surface area (TPSA) is 18.5 Å². The molecule has 0 aromatic carbocycles. The number of ether oxygens (including phenoxy) is 2. The number of rotatable bonds is 4.